The van der Waals surface area contributed by atoms with Crippen molar-refractivity contribution >= 4 is 17.4 Å². The minimum atomic E-state index is -0.275. The first-order chi connectivity index (χ1) is 13.8. The highest BCUT2D eigenvalue weighted by Gasteiger charge is 2.14. The number of hydrogen-bond donors (Lipinski definition) is 2. The third kappa shape index (κ3) is 5.54. The molecule has 6 heteroatoms. The molecule has 6 nitrogen and oxygen atoms in total. The molecule has 29 heavy (non-hydrogen) atoms. The Labute approximate surface area is 171 Å². The molecule has 0 unspecified atom stereocenters. The second kappa shape index (κ2) is 8.73. The topological polar surface area (TPSA) is 76.1 Å². The molecule has 0 radical (unpaired) electrons. The first kappa shape index (κ1) is 20.3. The van der Waals surface area contributed by atoms with Crippen LogP contribution in [0.2, 0.25) is 0 Å². The summed E-state index contributed by atoms with van der Waals surface area (Å²) in [7, 11) is 1.64. The molecule has 0 bridgehead atoms. The minimum Gasteiger partial charge on any atom is -0.497 e. The van der Waals surface area contributed by atoms with Crippen molar-refractivity contribution in [2.45, 2.75) is 32.7 Å². The van der Waals surface area contributed by atoms with Crippen LogP contribution in [0.3, 0.4) is 0 Å². The SMILES string of the molecule is COc1ccc(CNc2cc(C(=O)Nc3ccc(C(C)(C)C)cc3)ncn2)cc1. The molecule has 0 spiro atoms. The number of carbonyl (C=O) groups excluding carboxylic acids is 1. The normalized spacial score (nSPS) is 11.0. The number of hydrogen-bond acceptors (Lipinski definition) is 5. The van der Waals surface area contributed by atoms with E-state index in [0.717, 1.165) is 17.0 Å². The molecule has 2 aromatic carbocycles. The standard InChI is InChI=1S/C23H26N4O2/c1-23(2,3)17-7-9-18(10-8-17)27-22(28)20-13-21(26-15-25-20)24-14-16-5-11-19(29-4)12-6-16/h5-13,15H,14H2,1-4H3,(H,27,28)(H,24,25,26). The molecule has 0 aliphatic heterocycles. The molecule has 0 aliphatic carbocycles. The van der Waals surface area contributed by atoms with Crippen LogP contribution in [-0.2, 0) is 12.0 Å². The van der Waals surface area contributed by atoms with Gasteiger partial charge in [-0.25, -0.2) is 9.97 Å². The van der Waals surface area contributed by atoms with Crippen LogP contribution in [0.4, 0.5) is 11.5 Å². The summed E-state index contributed by atoms with van der Waals surface area (Å²) in [5.74, 6) is 1.12. The Balaban J connectivity index is 1.62. The van der Waals surface area contributed by atoms with Gasteiger partial charge in [-0.2, -0.15) is 0 Å². The lowest BCUT2D eigenvalue weighted by Crippen LogP contribution is -2.15. The fraction of sp³-hybridized carbons (Fsp3) is 0.261. The van der Waals surface area contributed by atoms with E-state index in [9.17, 15) is 4.79 Å². The number of rotatable bonds is 6. The summed E-state index contributed by atoms with van der Waals surface area (Å²) < 4.78 is 5.16. The quantitative estimate of drug-likeness (QED) is 0.641. The summed E-state index contributed by atoms with van der Waals surface area (Å²) in [5.41, 5.74) is 3.39. The van der Waals surface area contributed by atoms with Gasteiger partial charge in [0.25, 0.3) is 5.91 Å². The van der Waals surface area contributed by atoms with Crippen LogP contribution in [-0.4, -0.2) is 23.0 Å². The predicted molar refractivity (Wildman–Crippen MR) is 115 cm³/mol. The van der Waals surface area contributed by atoms with Gasteiger partial charge in [0.2, 0.25) is 0 Å². The van der Waals surface area contributed by atoms with Gasteiger partial charge in [0.1, 0.15) is 23.6 Å². The summed E-state index contributed by atoms with van der Waals surface area (Å²) in [6.45, 7) is 7.04. The van der Waals surface area contributed by atoms with Gasteiger partial charge in [-0.3, -0.25) is 4.79 Å². The van der Waals surface area contributed by atoms with Gasteiger partial charge in [0.05, 0.1) is 7.11 Å². The van der Waals surface area contributed by atoms with Crippen LogP contribution in [0.1, 0.15) is 42.4 Å². The molecule has 0 saturated heterocycles. The third-order valence-corrected chi connectivity index (χ3v) is 4.54. The predicted octanol–water partition coefficient (Wildman–Crippen LogP) is 4.65. The van der Waals surface area contributed by atoms with E-state index in [-0.39, 0.29) is 11.3 Å². The fourth-order valence-electron chi connectivity index (χ4n) is 2.76. The van der Waals surface area contributed by atoms with Crippen LogP contribution in [0.15, 0.2) is 60.9 Å². The molecule has 0 fully saturated rings. The van der Waals surface area contributed by atoms with Crippen LogP contribution in [0.25, 0.3) is 0 Å². The number of anilines is 2. The molecule has 1 aromatic heterocycles. The highest BCUT2D eigenvalue weighted by molar-refractivity contribution is 6.03. The lowest BCUT2D eigenvalue weighted by Gasteiger charge is -2.19. The van der Waals surface area contributed by atoms with Crippen molar-refractivity contribution in [3.05, 3.63) is 77.7 Å². The number of nitrogens with one attached hydrogen (secondary N) is 2. The van der Waals surface area contributed by atoms with E-state index in [4.69, 9.17) is 4.74 Å². The van der Waals surface area contributed by atoms with E-state index < -0.39 is 0 Å². The molecule has 1 amide bonds. The van der Waals surface area contributed by atoms with Gasteiger partial charge in [0, 0.05) is 18.3 Å². The molecular formula is C23H26N4O2. The summed E-state index contributed by atoms with van der Waals surface area (Å²) in [5, 5.41) is 6.09. The number of carbonyl (C=O) groups is 1. The van der Waals surface area contributed by atoms with E-state index in [1.54, 1.807) is 13.2 Å². The fourth-order valence-corrected chi connectivity index (χ4v) is 2.76. The zero-order valence-electron chi connectivity index (χ0n) is 17.2. The van der Waals surface area contributed by atoms with Crippen molar-refractivity contribution in [3.63, 3.8) is 0 Å². The number of ether oxygens (including phenoxy) is 1. The average Bonchev–Trinajstić information content (AvgIpc) is 2.72. The maximum absolute atomic E-state index is 12.5. The van der Waals surface area contributed by atoms with Gasteiger partial charge >= 0.3 is 0 Å². The summed E-state index contributed by atoms with van der Waals surface area (Å²) in [6.07, 6.45) is 1.38. The zero-order valence-corrected chi connectivity index (χ0v) is 17.2. The first-order valence-electron chi connectivity index (χ1n) is 9.46. The zero-order chi connectivity index (χ0) is 20.9. The Bertz CT molecular complexity index is 961. The lowest BCUT2D eigenvalue weighted by molar-refractivity contribution is 0.102. The molecule has 3 aromatic rings. The summed E-state index contributed by atoms with van der Waals surface area (Å²) >= 11 is 0. The molecule has 0 aliphatic rings. The van der Waals surface area contributed by atoms with Gasteiger partial charge in [-0.05, 0) is 40.8 Å². The first-order valence-corrected chi connectivity index (χ1v) is 9.46. The second-order valence-electron chi connectivity index (χ2n) is 7.77. The number of methoxy groups -OCH3 is 1. The lowest BCUT2D eigenvalue weighted by atomic mass is 9.87. The van der Waals surface area contributed by atoms with Crippen LogP contribution in [0, 0.1) is 0 Å². The van der Waals surface area contributed by atoms with Gasteiger partial charge < -0.3 is 15.4 Å². The van der Waals surface area contributed by atoms with Gasteiger partial charge in [-0.15, -0.1) is 0 Å². The second-order valence-corrected chi connectivity index (χ2v) is 7.77. The van der Waals surface area contributed by atoms with Gasteiger partial charge in [-0.1, -0.05) is 45.0 Å². The number of aromatic nitrogens is 2. The largest absolute Gasteiger partial charge is 0.497 e. The minimum absolute atomic E-state index is 0.0691. The molecule has 2 N–H and O–H groups in total. The third-order valence-electron chi connectivity index (χ3n) is 4.54. The monoisotopic (exact) mass is 390 g/mol. The Hall–Kier alpha value is -3.41. The average molecular weight is 390 g/mol. The molecular weight excluding hydrogens is 364 g/mol. The Morgan fingerprint density at radius 1 is 1.00 bits per heavy atom. The highest BCUT2D eigenvalue weighted by Crippen LogP contribution is 2.23. The number of nitrogens with zero attached hydrogens (tertiary/aromatic N) is 2. The molecule has 3 rings (SSSR count). The molecule has 0 atom stereocenters. The summed E-state index contributed by atoms with van der Waals surface area (Å²) in [6, 6.07) is 17.3. The van der Waals surface area contributed by atoms with Crippen molar-refractivity contribution < 1.29 is 9.53 Å². The van der Waals surface area contributed by atoms with Crippen molar-refractivity contribution in [1.29, 1.82) is 0 Å². The number of amides is 1. The number of benzene rings is 2. The molecule has 1 heterocycles. The van der Waals surface area contributed by atoms with Gasteiger partial charge in [0.15, 0.2) is 0 Å². The van der Waals surface area contributed by atoms with Crippen LogP contribution in [0.5, 0.6) is 5.75 Å². The maximum atomic E-state index is 12.5. The smallest absolute Gasteiger partial charge is 0.274 e. The highest BCUT2D eigenvalue weighted by atomic mass is 16.5. The Morgan fingerprint density at radius 3 is 2.31 bits per heavy atom. The molecule has 150 valence electrons. The van der Waals surface area contributed by atoms with Crippen molar-refractivity contribution in [3.8, 4) is 5.75 Å². The van der Waals surface area contributed by atoms with E-state index >= 15 is 0 Å². The van der Waals surface area contributed by atoms with Crippen molar-refractivity contribution in [1.82, 2.24) is 9.97 Å². The summed E-state index contributed by atoms with van der Waals surface area (Å²) in [4.78, 5) is 20.8. The maximum Gasteiger partial charge on any atom is 0.274 e. The van der Waals surface area contributed by atoms with Crippen molar-refractivity contribution in [2.24, 2.45) is 0 Å². The van der Waals surface area contributed by atoms with Crippen molar-refractivity contribution in [2.75, 3.05) is 17.7 Å². The van der Waals surface area contributed by atoms with E-state index in [1.807, 2.05) is 48.5 Å². The van der Waals surface area contributed by atoms with Crippen LogP contribution >= 0.6 is 0 Å². The van der Waals surface area contributed by atoms with E-state index in [1.165, 1.54) is 11.9 Å². The molecule has 0 saturated carbocycles. The Kier molecular flexibility index (Phi) is 6.12. The van der Waals surface area contributed by atoms with Crippen LogP contribution < -0.4 is 15.4 Å². The van der Waals surface area contributed by atoms with E-state index in [0.29, 0.717) is 18.1 Å². The Morgan fingerprint density at radius 2 is 1.69 bits per heavy atom. The van der Waals surface area contributed by atoms with E-state index in [2.05, 4.69) is 41.4 Å².